The summed E-state index contributed by atoms with van der Waals surface area (Å²) in [6.45, 7) is 7.40. The molecule has 0 spiro atoms. The van der Waals surface area contributed by atoms with Crippen LogP contribution >= 0.6 is 11.3 Å². The van der Waals surface area contributed by atoms with Gasteiger partial charge >= 0.3 is 0 Å². The van der Waals surface area contributed by atoms with Gasteiger partial charge in [0.25, 0.3) is 5.91 Å². The van der Waals surface area contributed by atoms with E-state index in [1.165, 1.54) is 11.3 Å². The fraction of sp³-hybridized carbons (Fsp3) is 0.750. The number of amides is 1. The average molecular weight is 286 g/mol. The fourth-order valence-corrected chi connectivity index (χ4v) is 2.30. The third-order valence-corrected chi connectivity index (χ3v) is 3.44. The molecule has 6 nitrogen and oxygen atoms in total. The van der Waals surface area contributed by atoms with Gasteiger partial charge in [0, 0.05) is 25.7 Å². The van der Waals surface area contributed by atoms with Crippen molar-refractivity contribution in [3.8, 4) is 0 Å². The first-order valence-corrected chi connectivity index (χ1v) is 7.41. The Kier molecular flexibility index (Phi) is 6.72. The van der Waals surface area contributed by atoms with Crippen molar-refractivity contribution in [2.24, 2.45) is 0 Å². The molecule has 0 aliphatic heterocycles. The zero-order valence-electron chi connectivity index (χ0n) is 11.7. The van der Waals surface area contributed by atoms with Gasteiger partial charge in [0.05, 0.1) is 0 Å². The summed E-state index contributed by atoms with van der Waals surface area (Å²) in [5.41, 5.74) is 0. The first-order valence-electron chi connectivity index (χ1n) is 6.59. The lowest BCUT2D eigenvalue weighted by Crippen LogP contribution is -2.38. The van der Waals surface area contributed by atoms with E-state index in [0.717, 1.165) is 13.0 Å². The van der Waals surface area contributed by atoms with Crippen LogP contribution in [0.3, 0.4) is 0 Å². The van der Waals surface area contributed by atoms with Crippen molar-refractivity contribution in [3.05, 3.63) is 5.01 Å². The molecule has 1 amide bonds. The molecule has 1 rings (SSSR count). The van der Waals surface area contributed by atoms with Crippen LogP contribution in [-0.4, -0.2) is 51.8 Å². The summed E-state index contributed by atoms with van der Waals surface area (Å²) in [4.78, 5) is 14.0. The maximum atomic E-state index is 12.3. The number of carbonyl (C=O) groups excluding carboxylic acids is 1. The highest BCUT2D eigenvalue weighted by molar-refractivity contribution is 7.17. The van der Waals surface area contributed by atoms with Crippen molar-refractivity contribution in [1.29, 1.82) is 0 Å². The Morgan fingerprint density at radius 1 is 1.47 bits per heavy atom. The molecule has 0 saturated carbocycles. The van der Waals surface area contributed by atoms with Crippen LogP contribution in [0.15, 0.2) is 0 Å². The van der Waals surface area contributed by atoms with Gasteiger partial charge in [-0.1, -0.05) is 18.3 Å². The molecule has 0 radical (unpaired) electrons. The summed E-state index contributed by atoms with van der Waals surface area (Å²) in [5, 5.41) is 21.0. The topological polar surface area (TPSA) is 78.4 Å². The van der Waals surface area contributed by atoms with E-state index in [1.807, 2.05) is 13.8 Å². The number of aliphatic hydroxyl groups is 1. The second kappa shape index (κ2) is 8.06. The number of anilines is 1. The quantitative estimate of drug-likeness (QED) is 0.759. The summed E-state index contributed by atoms with van der Waals surface area (Å²) in [6, 6.07) is 0.0787. The van der Waals surface area contributed by atoms with Crippen molar-refractivity contribution in [1.82, 2.24) is 15.1 Å². The van der Waals surface area contributed by atoms with Crippen LogP contribution in [0.1, 0.15) is 43.4 Å². The number of rotatable bonds is 8. The van der Waals surface area contributed by atoms with Gasteiger partial charge in [-0.05, 0) is 26.7 Å². The Balaban J connectivity index is 2.70. The summed E-state index contributed by atoms with van der Waals surface area (Å²) in [7, 11) is 0. The number of nitrogens with zero attached hydrogens (tertiary/aromatic N) is 3. The maximum Gasteiger partial charge on any atom is 0.285 e. The molecule has 0 aromatic carbocycles. The zero-order valence-corrected chi connectivity index (χ0v) is 12.5. The van der Waals surface area contributed by atoms with Gasteiger partial charge in [0.1, 0.15) is 0 Å². The molecular formula is C12H22N4O2S. The molecule has 0 saturated heterocycles. The minimum Gasteiger partial charge on any atom is -0.396 e. The smallest absolute Gasteiger partial charge is 0.285 e. The van der Waals surface area contributed by atoms with Crippen molar-refractivity contribution in [2.45, 2.75) is 39.7 Å². The Morgan fingerprint density at radius 3 is 2.79 bits per heavy atom. The molecule has 0 bridgehead atoms. The number of hydrogen-bond acceptors (Lipinski definition) is 6. The monoisotopic (exact) mass is 286 g/mol. The fourth-order valence-electron chi connectivity index (χ4n) is 1.57. The van der Waals surface area contributed by atoms with Gasteiger partial charge in [0.2, 0.25) is 10.1 Å². The summed E-state index contributed by atoms with van der Waals surface area (Å²) < 4.78 is 0. The van der Waals surface area contributed by atoms with Crippen molar-refractivity contribution in [2.75, 3.05) is 25.0 Å². The van der Waals surface area contributed by atoms with Gasteiger partial charge in [-0.3, -0.25) is 4.79 Å². The van der Waals surface area contributed by atoms with Gasteiger partial charge in [-0.25, -0.2) is 0 Å². The molecule has 19 heavy (non-hydrogen) atoms. The Hall–Kier alpha value is -1.21. The van der Waals surface area contributed by atoms with Crippen LogP contribution in [0, 0.1) is 0 Å². The highest BCUT2D eigenvalue weighted by Gasteiger charge is 2.22. The van der Waals surface area contributed by atoms with Crippen LogP contribution in [0.2, 0.25) is 0 Å². The van der Waals surface area contributed by atoms with Crippen LogP contribution in [0.4, 0.5) is 5.13 Å². The minimum absolute atomic E-state index is 0.0787. The Morgan fingerprint density at radius 2 is 2.21 bits per heavy atom. The van der Waals surface area contributed by atoms with E-state index < -0.39 is 0 Å². The number of aliphatic hydroxyl groups excluding tert-OH is 1. The third kappa shape index (κ3) is 4.76. The summed E-state index contributed by atoms with van der Waals surface area (Å²) in [6.07, 6.45) is 1.57. The predicted octanol–water partition coefficient (Wildman–Crippen LogP) is 1.59. The van der Waals surface area contributed by atoms with Crippen LogP contribution in [0.25, 0.3) is 0 Å². The van der Waals surface area contributed by atoms with Gasteiger partial charge < -0.3 is 15.3 Å². The first kappa shape index (κ1) is 15.8. The molecule has 1 heterocycles. The molecular weight excluding hydrogens is 264 g/mol. The summed E-state index contributed by atoms with van der Waals surface area (Å²) >= 11 is 1.27. The second-order valence-corrected chi connectivity index (χ2v) is 5.49. The number of hydrogen-bond donors (Lipinski definition) is 2. The lowest BCUT2D eigenvalue weighted by atomic mass is 10.3. The molecule has 0 aliphatic rings. The number of nitrogens with one attached hydrogen (secondary N) is 1. The average Bonchev–Trinajstić information content (AvgIpc) is 2.85. The van der Waals surface area contributed by atoms with E-state index in [1.54, 1.807) is 4.90 Å². The van der Waals surface area contributed by atoms with E-state index >= 15 is 0 Å². The molecule has 7 heteroatoms. The highest BCUT2D eigenvalue weighted by Crippen LogP contribution is 2.18. The number of aromatic nitrogens is 2. The lowest BCUT2D eigenvalue weighted by molar-refractivity contribution is 0.0692. The van der Waals surface area contributed by atoms with Crippen molar-refractivity contribution >= 4 is 22.4 Å². The summed E-state index contributed by atoms with van der Waals surface area (Å²) in [5.74, 6) is -0.120. The largest absolute Gasteiger partial charge is 0.396 e. The first-order chi connectivity index (χ1) is 9.10. The molecule has 0 fully saturated rings. The second-order valence-electron chi connectivity index (χ2n) is 4.51. The molecule has 1 aromatic rings. The van der Waals surface area contributed by atoms with Gasteiger partial charge in [-0.2, -0.15) is 0 Å². The van der Waals surface area contributed by atoms with E-state index in [0.29, 0.717) is 23.1 Å². The zero-order chi connectivity index (χ0) is 14.3. The van der Waals surface area contributed by atoms with Crippen molar-refractivity contribution in [3.63, 3.8) is 0 Å². The van der Waals surface area contributed by atoms with Crippen molar-refractivity contribution < 1.29 is 9.90 Å². The predicted molar refractivity (Wildman–Crippen MR) is 76.6 cm³/mol. The molecule has 1 aromatic heterocycles. The highest BCUT2D eigenvalue weighted by atomic mass is 32.1. The molecule has 0 aliphatic carbocycles. The Labute approximate surface area is 117 Å². The van der Waals surface area contributed by atoms with E-state index in [9.17, 15) is 4.79 Å². The van der Waals surface area contributed by atoms with E-state index in [4.69, 9.17) is 5.11 Å². The minimum atomic E-state index is -0.120. The lowest BCUT2D eigenvalue weighted by Gasteiger charge is -2.25. The third-order valence-electron chi connectivity index (χ3n) is 2.58. The molecule has 2 N–H and O–H groups in total. The van der Waals surface area contributed by atoms with E-state index in [2.05, 4.69) is 22.4 Å². The van der Waals surface area contributed by atoms with Gasteiger partial charge in [-0.15, -0.1) is 10.2 Å². The normalized spacial score (nSPS) is 10.8. The van der Waals surface area contributed by atoms with Crippen LogP contribution in [-0.2, 0) is 0 Å². The Bertz CT molecular complexity index is 395. The van der Waals surface area contributed by atoms with Crippen LogP contribution in [0.5, 0.6) is 0 Å². The van der Waals surface area contributed by atoms with Crippen LogP contribution < -0.4 is 5.32 Å². The standard InChI is InChI=1S/C12H22N4O2S/c1-4-6-13-12-15-14-10(19-12)11(18)16(9(2)3)7-5-8-17/h9,17H,4-8H2,1-3H3,(H,13,15). The molecule has 108 valence electrons. The molecule has 0 atom stereocenters. The van der Waals surface area contributed by atoms with E-state index in [-0.39, 0.29) is 18.6 Å². The molecule has 0 unspecified atom stereocenters. The SMILES string of the molecule is CCCNc1nnc(C(=O)N(CCCO)C(C)C)s1. The number of carbonyl (C=O) groups is 1. The van der Waals surface area contributed by atoms with Gasteiger partial charge in [0.15, 0.2) is 0 Å². The maximum absolute atomic E-state index is 12.3.